The third-order valence-electron chi connectivity index (χ3n) is 3.44. The normalized spacial score (nSPS) is 15.6. The summed E-state index contributed by atoms with van der Waals surface area (Å²) in [6, 6.07) is 6.00. The Balaban J connectivity index is 2.40. The van der Waals surface area contributed by atoms with Crippen molar-refractivity contribution in [3.05, 3.63) is 22.2 Å². The van der Waals surface area contributed by atoms with E-state index in [2.05, 4.69) is 40.7 Å². The minimum Gasteiger partial charge on any atom is -0.490 e. The Hall–Kier alpha value is -1.25. The van der Waals surface area contributed by atoms with Crippen LogP contribution in [0, 0.1) is 11.3 Å². The van der Waals surface area contributed by atoms with E-state index in [4.69, 9.17) is 9.47 Å². The summed E-state index contributed by atoms with van der Waals surface area (Å²) in [5.74, 6) is 1.46. The van der Waals surface area contributed by atoms with Crippen molar-refractivity contribution >= 4 is 15.9 Å². The molecule has 0 bridgehead atoms. The van der Waals surface area contributed by atoms with Crippen LogP contribution < -0.4 is 9.47 Å². The lowest BCUT2D eigenvalue weighted by atomic mass is 10.1. The zero-order valence-corrected chi connectivity index (χ0v) is 13.4. The minimum atomic E-state index is -0.265. The average molecular weight is 339 g/mol. The largest absolute Gasteiger partial charge is 0.490 e. The summed E-state index contributed by atoms with van der Waals surface area (Å²) in [6.45, 7) is 7.09. The van der Waals surface area contributed by atoms with Crippen molar-refractivity contribution in [2.24, 2.45) is 0 Å². The number of benzene rings is 1. The summed E-state index contributed by atoms with van der Waals surface area (Å²) in [5, 5.41) is 9.48. The third-order valence-corrected chi connectivity index (χ3v) is 4.03. The quantitative estimate of drug-likeness (QED) is 0.842. The van der Waals surface area contributed by atoms with Gasteiger partial charge in [0.05, 0.1) is 23.8 Å². The van der Waals surface area contributed by atoms with E-state index in [1.807, 2.05) is 12.1 Å². The van der Waals surface area contributed by atoms with Crippen molar-refractivity contribution in [3.63, 3.8) is 0 Å². The van der Waals surface area contributed by atoms with Gasteiger partial charge >= 0.3 is 0 Å². The number of halogens is 1. The molecule has 0 amide bonds. The predicted octanol–water partition coefficient (Wildman–Crippen LogP) is 3.52. The Morgan fingerprint density at radius 1 is 1.30 bits per heavy atom. The maximum absolute atomic E-state index is 9.48. The lowest BCUT2D eigenvalue weighted by Gasteiger charge is -2.25. The third kappa shape index (κ3) is 3.08. The van der Waals surface area contributed by atoms with Crippen LogP contribution in [-0.2, 0) is 0 Å². The summed E-state index contributed by atoms with van der Waals surface area (Å²) in [5.41, 5.74) is 0.937. The summed E-state index contributed by atoms with van der Waals surface area (Å²) in [7, 11) is 0. The summed E-state index contributed by atoms with van der Waals surface area (Å²) >= 11 is 3.53. The van der Waals surface area contributed by atoms with Gasteiger partial charge in [0.1, 0.15) is 6.04 Å². The molecule has 4 nitrogen and oxygen atoms in total. The second-order valence-electron chi connectivity index (χ2n) is 4.63. The van der Waals surface area contributed by atoms with Crippen molar-refractivity contribution in [2.75, 3.05) is 26.3 Å². The van der Waals surface area contributed by atoms with Gasteiger partial charge in [-0.05, 0) is 46.7 Å². The van der Waals surface area contributed by atoms with E-state index in [1.165, 1.54) is 0 Å². The highest BCUT2D eigenvalue weighted by Crippen LogP contribution is 2.40. The van der Waals surface area contributed by atoms with Gasteiger partial charge in [-0.3, -0.25) is 4.90 Å². The van der Waals surface area contributed by atoms with Crippen LogP contribution in [0.4, 0.5) is 0 Å². The van der Waals surface area contributed by atoms with E-state index in [-0.39, 0.29) is 6.04 Å². The van der Waals surface area contributed by atoms with Crippen LogP contribution in [0.15, 0.2) is 16.6 Å². The first kappa shape index (κ1) is 15.1. The van der Waals surface area contributed by atoms with Gasteiger partial charge in [-0.25, -0.2) is 0 Å². The van der Waals surface area contributed by atoms with Crippen LogP contribution in [0.5, 0.6) is 11.5 Å². The van der Waals surface area contributed by atoms with Crippen molar-refractivity contribution in [3.8, 4) is 17.6 Å². The molecule has 0 spiro atoms. The molecule has 1 aromatic carbocycles. The first-order chi connectivity index (χ1) is 9.71. The number of nitrogens with zero attached hydrogens (tertiary/aromatic N) is 2. The van der Waals surface area contributed by atoms with Gasteiger partial charge in [0.2, 0.25) is 0 Å². The molecule has 108 valence electrons. The van der Waals surface area contributed by atoms with Gasteiger partial charge in [0.15, 0.2) is 11.5 Å². The fraction of sp³-hybridized carbons (Fsp3) is 0.533. The van der Waals surface area contributed by atoms with Gasteiger partial charge < -0.3 is 9.47 Å². The van der Waals surface area contributed by atoms with Gasteiger partial charge in [0.25, 0.3) is 0 Å². The Morgan fingerprint density at radius 2 is 2.00 bits per heavy atom. The molecule has 0 radical (unpaired) electrons. The number of hydrogen-bond acceptors (Lipinski definition) is 4. The van der Waals surface area contributed by atoms with Crippen molar-refractivity contribution in [2.45, 2.75) is 26.3 Å². The van der Waals surface area contributed by atoms with E-state index in [1.54, 1.807) is 0 Å². The standard InChI is InChI=1S/C15H19BrN2O2/c1-3-18(4-2)13(10-17)11-8-12(16)15-14(9-11)19-6-5-7-20-15/h8-9,13H,3-7H2,1-2H3. The van der Waals surface area contributed by atoms with Crippen LogP contribution in [0.2, 0.25) is 0 Å². The number of ether oxygens (including phenoxy) is 2. The second kappa shape index (κ2) is 6.96. The number of nitriles is 1. The molecule has 0 aliphatic carbocycles. The number of hydrogen-bond donors (Lipinski definition) is 0. The molecule has 1 atom stereocenters. The van der Waals surface area contributed by atoms with Crippen LogP contribution >= 0.6 is 15.9 Å². The Labute approximate surface area is 128 Å². The van der Waals surface area contributed by atoms with E-state index in [0.29, 0.717) is 13.2 Å². The summed E-state index contributed by atoms with van der Waals surface area (Å²) < 4.78 is 12.3. The molecule has 1 unspecified atom stereocenters. The van der Waals surface area contributed by atoms with Gasteiger partial charge in [-0.2, -0.15) is 5.26 Å². The zero-order chi connectivity index (χ0) is 14.5. The zero-order valence-electron chi connectivity index (χ0n) is 11.9. The summed E-state index contributed by atoms with van der Waals surface area (Å²) in [6.07, 6.45) is 0.869. The first-order valence-electron chi connectivity index (χ1n) is 6.94. The van der Waals surface area contributed by atoms with Crippen LogP contribution in [-0.4, -0.2) is 31.2 Å². The average Bonchev–Trinajstić information content (AvgIpc) is 2.70. The van der Waals surface area contributed by atoms with Gasteiger partial charge in [-0.15, -0.1) is 0 Å². The molecular formula is C15H19BrN2O2. The van der Waals surface area contributed by atoms with E-state index in [0.717, 1.165) is 41.0 Å². The maximum Gasteiger partial charge on any atom is 0.175 e. The Bertz CT molecular complexity index is 509. The lowest BCUT2D eigenvalue weighted by Crippen LogP contribution is -2.27. The maximum atomic E-state index is 9.48. The molecule has 5 heteroatoms. The Morgan fingerprint density at radius 3 is 2.65 bits per heavy atom. The minimum absolute atomic E-state index is 0.265. The van der Waals surface area contributed by atoms with E-state index in [9.17, 15) is 5.26 Å². The number of rotatable bonds is 4. The first-order valence-corrected chi connectivity index (χ1v) is 7.73. The molecule has 0 saturated heterocycles. The molecule has 1 aliphatic rings. The molecule has 0 saturated carbocycles. The Kier molecular flexibility index (Phi) is 5.27. The smallest absolute Gasteiger partial charge is 0.175 e. The molecule has 0 N–H and O–H groups in total. The molecule has 0 fully saturated rings. The highest BCUT2D eigenvalue weighted by molar-refractivity contribution is 9.10. The van der Waals surface area contributed by atoms with Crippen LogP contribution in [0.1, 0.15) is 31.9 Å². The predicted molar refractivity (Wildman–Crippen MR) is 81.0 cm³/mol. The monoisotopic (exact) mass is 338 g/mol. The molecular weight excluding hydrogens is 320 g/mol. The van der Waals surface area contributed by atoms with Crippen molar-refractivity contribution in [1.29, 1.82) is 5.26 Å². The molecule has 1 aromatic rings. The molecule has 2 rings (SSSR count). The lowest BCUT2D eigenvalue weighted by molar-refractivity contribution is 0.261. The highest BCUT2D eigenvalue weighted by Gasteiger charge is 2.22. The number of fused-ring (bicyclic) bond motifs is 1. The fourth-order valence-electron chi connectivity index (χ4n) is 2.36. The molecule has 20 heavy (non-hydrogen) atoms. The van der Waals surface area contributed by atoms with Crippen LogP contribution in [0.25, 0.3) is 0 Å². The van der Waals surface area contributed by atoms with Gasteiger partial charge in [-0.1, -0.05) is 13.8 Å². The molecule has 1 heterocycles. The van der Waals surface area contributed by atoms with Crippen molar-refractivity contribution in [1.82, 2.24) is 4.90 Å². The SMILES string of the molecule is CCN(CC)C(C#N)c1cc(Br)c2c(c1)OCCCO2. The van der Waals surface area contributed by atoms with E-state index < -0.39 is 0 Å². The van der Waals surface area contributed by atoms with Crippen molar-refractivity contribution < 1.29 is 9.47 Å². The molecule has 0 aromatic heterocycles. The fourth-order valence-corrected chi connectivity index (χ4v) is 2.94. The van der Waals surface area contributed by atoms with Crippen LogP contribution in [0.3, 0.4) is 0 Å². The summed E-state index contributed by atoms with van der Waals surface area (Å²) in [4.78, 5) is 2.12. The van der Waals surface area contributed by atoms with Gasteiger partial charge in [0, 0.05) is 6.42 Å². The second-order valence-corrected chi connectivity index (χ2v) is 5.49. The topological polar surface area (TPSA) is 45.5 Å². The van der Waals surface area contributed by atoms with E-state index >= 15 is 0 Å². The highest BCUT2D eigenvalue weighted by atomic mass is 79.9. The molecule has 1 aliphatic heterocycles.